The van der Waals surface area contributed by atoms with Crippen molar-refractivity contribution in [1.82, 2.24) is 0 Å². The monoisotopic (exact) mass is 540 g/mol. The molecule has 0 aromatic rings. The van der Waals surface area contributed by atoms with Crippen LogP contribution in [0, 0.1) is 5.92 Å². The molecule has 0 rings (SSSR count). The van der Waals surface area contributed by atoms with Crippen molar-refractivity contribution < 1.29 is 23.9 Å². The molecule has 0 aliphatic rings. The van der Waals surface area contributed by atoms with Crippen molar-refractivity contribution in [3.05, 3.63) is 0 Å². The predicted molar refractivity (Wildman–Crippen MR) is 161 cm³/mol. The van der Waals surface area contributed by atoms with Gasteiger partial charge in [-0.1, -0.05) is 142 Å². The number of carbonyl (C=O) groups is 2. The SMILES string of the molecule is CCCCCCC(C)CCCCCCCCCCCCCCCCCC(=O)OC(CC(=O)O)C[N+](C)(C)C. The number of aliphatic carboxylic acids is 1. The van der Waals surface area contributed by atoms with Crippen LogP contribution in [0.15, 0.2) is 0 Å². The number of nitrogens with zero attached hydrogens (tertiary/aromatic N) is 1. The lowest BCUT2D eigenvalue weighted by atomic mass is 9.96. The van der Waals surface area contributed by atoms with Crippen LogP contribution in [0.5, 0.6) is 0 Å². The van der Waals surface area contributed by atoms with Gasteiger partial charge in [0.25, 0.3) is 0 Å². The number of esters is 1. The van der Waals surface area contributed by atoms with Gasteiger partial charge in [-0.25, -0.2) is 0 Å². The van der Waals surface area contributed by atoms with Crippen molar-refractivity contribution in [2.24, 2.45) is 5.92 Å². The zero-order valence-electron chi connectivity index (χ0n) is 26.2. The fourth-order valence-electron chi connectivity index (χ4n) is 5.32. The van der Waals surface area contributed by atoms with Crippen molar-refractivity contribution in [2.75, 3.05) is 27.7 Å². The highest BCUT2D eigenvalue weighted by Crippen LogP contribution is 2.19. The zero-order chi connectivity index (χ0) is 28.5. The molecular weight excluding hydrogens is 474 g/mol. The molecule has 0 heterocycles. The zero-order valence-corrected chi connectivity index (χ0v) is 26.2. The molecule has 0 spiro atoms. The average Bonchev–Trinajstić information content (AvgIpc) is 2.82. The van der Waals surface area contributed by atoms with E-state index in [0.29, 0.717) is 17.4 Å². The molecule has 0 aliphatic carbocycles. The summed E-state index contributed by atoms with van der Waals surface area (Å²) in [7, 11) is 5.93. The molecule has 0 aromatic heterocycles. The summed E-state index contributed by atoms with van der Waals surface area (Å²) in [6.07, 6.45) is 27.8. The second-order valence-corrected chi connectivity index (χ2v) is 13.0. The quantitative estimate of drug-likeness (QED) is 0.0610. The van der Waals surface area contributed by atoms with E-state index in [-0.39, 0.29) is 12.4 Å². The summed E-state index contributed by atoms with van der Waals surface area (Å²) in [5.41, 5.74) is 0. The van der Waals surface area contributed by atoms with E-state index in [0.717, 1.165) is 18.8 Å². The Morgan fingerprint density at radius 2 is 1.05 bits per heavy atom. The van der Waals surface area contributed by atoms with E-state index in [4.69, 9.17) is 9.84 Å². The summed E-state index contributed by atoms with van der Waals surface area (Å²) in [6, 6.07) is 0. The van der Waals surface area contributed by atoms with Gasteiger partial charge in [0, 0.05) is 6.42 Å². The third kappa shape index (κ3) is 27.9. The lowest BCUT2D eigenvalue weighted by molar-refractivity contribution is -0.873. The van der Waals surface area contributed by atoms with Crippen molar-refractivity contribution in [3.63, 3.8) is 0 Å². The topological polar surface area (TPSA) is 63.6 Å². The van der Waals surface area contributed by atoms with Gasteiger partial charge in [-0.2, -0.15) is 0 Å². The molecule has 5 heteroatoms. The normalized spacial score (nSPS) is 13.4. The van der Waals surface area contributed by atoms with E-state index in [1.54, 1.807) is 0 Å². The molecule has 0 aromatic carbocycles. The molecule has 0 saturated carbocycles. The van der Waals surface area contributed by atoms with Gasteiger partial charge >= 0.3 is 11.9 Å². The summed E-state index contributed by atoms with van der Waals surface area (Å²) < 4.78 is 6.03. The molecule has 0 saturated heterocycles. The number of hydrogen-bond acceptors (Lipinski definition) is 3. The Hall–Kier alpha value is -1.10. The summed E-state index contributed by atoms with van der Waals surface area (Å²) in [4.78, 5) is 23.2. The molecule has 2 atom stereocenters. The van der Waals surface area contributed by atoms with Crippen LogP contribution in [0.1, 0.15) is 162 Å². The van der Waals surface area contributed by atoms with Gasteiger partial charge in [-0.15, -0.1) is 0 Å². The first-order chi connectivity index (χ1) is 18.1. The number of hydrogen-bond donors (Lipinski definition) is 1. The van der Waals surface area contributed by atoms with Gasteiger partial charge in [0.15, 0.2) is 6.10 Å². The average molecular weight is 541 g/mol. The lowest BCUT2D eigenvalue weighted by Crippen LogP contribution is -2.43. The van der Waals surface area contributed by atoms with E-state index in [1.807, 2.05) is 21.1 Å². The highest BCUT2D eigenvalue weighted by molar-refractivity contribution is 5.71. The van der Waals surface area contributed by atoms with E-state index in [1.165, 1.54) is 122 Å². The van der Waals surface area contributed by atoms with Crippen molar-refractivity contribution >= 4 is 11.9 Å². The highest BCUT2D eigenvalue weighted by Gasteiger charge is 2.24. The van der Waals surface area contributed by atoms with Crippen molar-refractivity contribution in [3.8, 4) is 0 Å². The Bertz CT molecular complexity index is 558. The first-order valence-electron chi connectivity index (χ1n) is 16.4. The Morgan fingerprint density at radius 3 is 1.45 bits per heavy atom. The number of rotatable bonds is 28. The maximum absolute atomic E-state index is 12.1. The Balaban J connectivity index is 3.44. The third-order valence-electron chi connectivity index (χ3n) is 7.58. The van der Waals surface area contributed by atoms with Crippen LogP contribution >= 0.6 is 0 Å². The van der Waals surface area contributed by atoms with E-state index < -0.39 is 12.1 Å². The molecule has 1 N–H and O–H groups in total. The van der Waals surface area contributed by atoms with Gasteiger partial charge in [-0.3, -0.25) is 9.59 Å². The first kappa shape index (κ1) is 36.9. The molecule has 0 bridgehead atoms. The van der Waals surface area contributed by atoms with Gasteiger partial charge in [0.05, 0.1) is 27.6 Å². The first-order valence-corrected chi connectivity index (χ1v) is 16.4. The van der Waals surface area contributed by atoms with Crippen LogP contribution in [-0.4, -0.2) is 55.3 Å². The molecule has 0 amide bonds. The van der Waals surface area contributed by atoms with Crippen LogP contribution in [0.4, 0.5) is 0 Å². The standard InChI is InChI=1S/C33H65NO4/c1-6-7-8-22-25-30(2)26-23-20-18-16-14-12-10-9-11-13-15-17-19-21-24-27-33(37)38-31(28-32(35)36)29-34(3,4)5/h30-31H,6-29H2,1-5H3/p+1. The fraction of sp³-hybridized carbons (Fsp3) is 0.939. The Labute approximate surface area is 237 Å². The fourth-order valence-corrected chi connectivity index (χ4v) is 5.32. The number of ether oxygens (including phenoxy) is 1. The number of likely N-dealkylation sites (N-methyl/N-ethyl adjacent to an activating group) is 1. The minimum Gasteiger partial charge on any atom is -0.481 e. The molecule has 5 nitrogen and oxygen atoms in total. The highest BCUT2D eigenvalue weighted by atomic mass is 16.5. The lowest BCUT2D eigenvalue weighted by Gasteiger charge is -2.28. The minimum absolute atomic E-state index is 0.125. The van der Waals surface area contributed by atoms with Gasteiger partial charge < -0.3 is 14.3 Å². The smallest absolute Gasteiger partial charge is 0.307 e. The van der Waals surface area contributed by atoms with Crippen LogP contribution in [0.3, 0.4) is 0 Å². The van der Waals surface area contributed by atoms with E-state index in [9.17, 15) is 9.59 Å². The molecule has 2 unspecified atom stereocenters. The van der Waals surface area contributed by atoms with Gasteiger partial charge in [0.1, 0.15) is 6.54 Å². The van der Waals surface area contributed by atoms with Gasteiger partial charge in [0.2, 0.25) is 0 Å². The molecular formula is C33H66NO4+. The van der Waals surface area contributed by atoms with E-state index >= 15 is 0 Å². The number of unbranched alkanes of at least 4 members (excludes halogenated alkanes) is 17. The largest absolute Gasteiger partial charge is 0.481 e. The van der Waals surface area contributed by atoms with Crippen molar-refractivity contribution in [2.45, 2.75) is 168 Å². The number of carboxylic acids is 1. The molecule has 0 radical (unpaired) electrons. The summed E-state index contributed by atoms with van der Waals surface area (Å²) in [5, 5.41) is 9.06. The van der Waals surface area contributed by atoms with Crippen LogP contribution < -0.4 is 0 Å². The predicted octanol–water partition coefficient (Wildman–Crippen LogP) is 9.32. The maximum Gasteiger partial charge on any atom is 0.307 e. The van der Waals surface area contributed by atoms with Gasteiger partial charge in [-0.05, 0) is 12.3 Å². The molecule has 0 aliphatic heterocycles. The summed E-state index contributed by atoms with van der Waals surface area (Å²) >= 11 is 0. The number of carbonyl (C=O) groups excluding carboxylic acids is 1. The number of quaternary nitrogens is 1. The van der Waals surface area contributed by atoms with Crippen LogP contribution in [0.25, 0.3) is 0 Å². The van der Waals surface area contributed by atoms with Crippen LogP contribution in [0.2, 0.25) is 0 Å². The maximum atomic E-state index is 12.1. The van der Waals surface area contributed by atoms with E-state index in [2.05, 4.69) is 13.8 Å². The minimum atomic E-state index is -0.921. The summed E-state index contributed by atoms with van der Waals surface area (Å²) in [5.74, 6) is -0.249. The summed E-state index contributed by atoms with van der Waals surface area (Å²) in [6.45, 7) is 5.25. The van der Waals surface area contributed by atoms with Crippen LogP contribution in [-0.2, 0) is 14.3 Å². The second-order valence-electron chi connectivity index (χ2n) is 13.0. The molecule has 0 fully saturated rings. The van der Waals surface area contributed by atoms with Crippen molar-refractivity contribution in [1.29, 1.82) is 0 Å². The third-order valence-corrected chi connectivity index (χ3v) is 7.58. The Morgan fingerprint density at radius 1 is 0.658 bits per heavy atom. The number of carboxylic acid groups (broad SMARTS) is 1. The second kappa shape index (κ2) is 24.9. The Kier molecular flexibility index (Phi) is 24.2. The molecule has 38 heavy (non-hydrogen) atoms. The molecule has 226 valence electrons.